The maximum Gasteiger partial charge on any atom is 0.387 e. The molecule has 1 saturated heterocycles. The molecular formula is C19H21F2N3O2. The average Bonchev–Trinajstić information content (AvgIpc) is 2.63. The number of nitrogens with zero attached hydrogens (tertiary/aromatic N) is 2. The molecule has 26 heavy (non-hydrogen) atoms. The maximum absolute atomic E-state index is 12.3. The van der Waals surface area contributed by atoms with Gasteiger partial charge in [0.15, 0.2) is 0 Å². The molecule has 1 N–H and O–H groups in total. The quantitative estimate of drug-likeness (QED) is 0.888. The van der Waals surface area contributed by atoms with Gasteiger partial charge in [-0.2, -0.15) is 8.78 Å². The van der Waals surface area contributed by atoms with Gasteiger partial charge >= 0.3 is 6.61 Å². The first kappa shape index (κ1) is 18.1. The summed E-state index contributed by atoms with van der Waals surface area (Å²) in [5, 5.41) is 2.80. The number of ether oxygens (including phenoxy) is 1. The standard InChI is InChI=1S/C19H21F2N3O2/c1-23-10-12-24(13-11-23)16-6-4-15(5-7-16)22-18(25)14-2-8-17(9-3-14)26-19(20)21/h2-9,19H,10-13H2,1H3,(H,22,25). The lowest BCUT2D eigenvalue weighted by Gasteiger charge is -2.34. The van der Waals surface area contributed by atoms with Gasteiger partial charge in [-0.25, -0.2) is 0 Å². The van der Waals surface area contributed by atoms with E-state index >= 15 is 0 Å². The van der Waals surface area contributed by atoms with Gasteiger partial charge in [-0.15, -0.1) is 0 Å². The number of carbonyl (C=O) groups is 1. The van der Waals surface area contributed by atoms with Crippen LogP contribution in [0.3, 0.4) is 0 Å². The predicted molar refractivity (Wildman–Crippen MR) is 97.2 cm³/mol. The molecule has 1 aliphatic rings. The van der Waals surface area contributed by atoms with Gasteiger partial charge in [0, 0.05) is 43.1 Å². The van der Waals surface area contributed by atoms with Gasteiger partial charge in [0.25, 0.3) is 5.91 Å². The van der Waals surface area contributed by atoms with Crippen molar-refractivity contribution in [2.24, 2.45) is 0 Å². The monoisotopic (exact) mass is 361 g/mol. The fraction of sp³-hybridized carbons (Fsp3) is 0.316. The third-order valence-corrected chi connectivity index (χ3v) is 4.34. The minimum atomic E-state index is -2.88. The molecule has 2 aromatic carbocycles. The lowest BCUT2D eigenvalue weighted by atomic mass is 10.2. The first-order valence-corrected chi connectivity index (χ1v) is 8.41. The van der Waals surface area contributed by atoms with E-state index in [1.54, 1.807) is 0 Å². The van der Waals surface area contributed by atoms with Crippen LogP contribution in [0.4, 0.5) is 20.2 Å². The number of amides is 1. The van der Waals surface area contributed by atoms with Crippen molar-refractivity contribution in [2.45, 2.75) is 6.61 Å². The summed E-state index contributed by atoms with van der Waals surface area (Å²) in [6, 6.07) is 13.3. The SMILES string of the molecule is CN1CCN(c2ccc(NC(=O)c3ccc(OC(F)F)cc3)cc2)CC1. The summed E-state index contributed by atoms with van der Waals surface area (Å²) >= 11 is 0. The predicted octanol–water partition coefficient (Wildman–Crippen LogP) is 3.29. The molecule has 0 aromatic heterocycles. The normalized spacial score (nSPS) is 15.2. The zero-order valence-electron chi connectivity index (χ0n) is 14.5. The Balaban J connectivity index is 1.59. The highest BCUT2D eigenvalue weighted by Gasteiger charge is 2.14. The lowest BCUT2D eigenvalue weighted by molar-refractivity contribution is -0.0498. The summed E-state index contributed by atoms with van der Waals surface area (Å²) in [6.07, 6.45) is 0. The molecule has 3 rings (SSSR count). The largest absolute Gasteiger partial charge is 0.435 e. The lowest BCUT2D eigenvalue weighted by Crippen LogP contribution is -2.44. The fourth-order valence-corrected chi connectivity index (χ4v) is 2.81. The molecule has 1 amide bonds. The molecule has 0 unspecified atom stereocenters. The number of carbonyl (C=O) groups excluding carboxylic acids is 1. The minimum absolute atomic E-state index is 0.0214. The topological polar surface area (TPSA) is 44.8 Å². The van der Waals surface area contributed by atoms with Crippen LogP contribution in [0.25, 0.3) is 0 Å². The van der Waals surface area contributed by atoms with E-state index in [0.717, 1.165) is 31.9 Å². The zero-order valence-corrected chi connectivity index (χ0v) is 14.5. The second-order valence-electron chi connectivity index (χ2n) is 6.19. The molecular weight excluding hydrogens is 340 g/mol. The highest BCUT2D eigenvalue weighted by Crippen LogP contribution is 2.20. The Morgan fingerprint density at radius 3 is 2.19 bits per heavy atom. The van der Waals surface area contributed by atoms with Crippen LogP contribution in [0.5, 0.6) is 5.75 Å². The maximum atomic E-state index is 12.3. The number of rotatable bonds is 5. The molecule has 0 spiro atoms. The van der Waals surface area contributed by atoms with Gasteiger partial charge < -0.3 is 19.9 Å². The van der Waals surface area contributed by atoms with Crippen molar-refractivity contribution in [3.8, 4) is 5.75 Å². The Morgan fingerprint density at radius 1 is 1.00 bits per heavy atom. The van der Waals surface area contributed by atoms with E-state index in [1.165, 1.54) is 24.3 Å². The van der Waals surface area contributed by atoms with Crippen LogP contribution >= 0.6 is 0 Å². The summed E-state index contributed by atoms with van der Waals surface area (Å²) in [6.45, 7) is 1.14. The average molecular weight is 361 g/mol. The van der Waals surface area contributed by atoms with Crippen LogP contribution in [0.1, 0.15) is 10.4 Å². The van der Waals surface area contributed by atoms with E-state index in [1.807, 2.05) is 24.3 Å². The Hall–Kier alpha value is -2.67. The van der Waals surface area contributed by atoms with E-state index in [-0.39, 0.29) is 11.7 Å². The highest BCUT2D eigenvalue weighted by molar-refractivity contribution is 6.04. The fourth-order valence-electron chi connectivity index (χ4n) is 2.81. The van der Waals surface area contributed by atoms with Gasteiger partial charge in [-0.05, 0) is 55.6 Å². The Morgan fingerprint density at radius 2 is 1.62 bits per heavy atom. The Labute approximate surface area is 151 Å². The number of hydrogen-bond acceptors (Lipinski definition) is 4. The summed E-state index contributed by atoms with van der Waals surface area (Å²) in [4.78, 5) is 16.9. The van der Waals surface area contributed by atoms with Gasteiger partial charge in [-0.1, -0.05) is 0 Å². The molecule has 138 valence electrons. The van der Waals surface area contributed by atoms with Crippen LogP contribution in [-0.2, 0) is 0 Å². The van der Waals surface area contributed by atoms with Crippen molar-refractivity contribution >= 4 is 17.3 Å². The number of nitrogens with one attached hydrogen (secondary N) is 1. The van der Waals surface area contributed by atoms with Crippen LogP contribution in [0.2, 0.25) is 0 Å². The molecule has 0 saturated carbocycles. The number of piperazine rings is 1. The number of alkyl halides is 2. The van der Waals surface area contributed by atoms with Crippen LogP contribution < -0.4 is 15.0 Å². The number of likely N-dealkylation sites (N-methyl/N-ethyl adjacent to an activating group) is 1. The van der Waals surface area contributed by atoms with Crippen LogP contribution in [-0.4, -0.2) is 50.6 Å². The third-order valence-electron chi connectivity index (χ3n) is 4.34. The van der Waals surface area contributed by atoms with Gasteiger partial charge in [0.2, 0.25) is 0 Å². The van der Waals surface area contributed by atoms with Crippen molar-refractivity contribution < 1.29 is 18.3 Å². The van der Waals surface area contributed by atoms with E-state index in [9.17, 15) is 13.6 Å². The summed E-state index contributed by atoms with van der Waals surface area (Å²) < 4.78 is 28.6. The smallest absolute Gasteiger partial charge is 0.387 e. The number of hydrogen-bond donors (Lipinski definition) is 1. The number of benzene rings is 2. The highest BCUT2D eigenvalue weighted by atomic mass is 19.3. The molecule has 0 atom stereocenters. The molecule has 0 bridgehead atoms. The second kappa shape index (κ2) is 8.14. The van der Waals surface area contributed by atoms with E-state index < -0.39 is 6.61 Å². The first-order chi connectivity index (χ1) is 12.5. The molecule has 2 aromatic rings. The van der Waals surface area contributed by atoms with Gasteiger partial charge in [0.05, 0.1) is 0 Å². The molecule has 0 radical (unpaired) electrons. The number of anilines is 2. The van der Waals surface area contributed by atoms with Crippen molar-refractivity contribution in [1.82, 2.24) is 4.90 Å². The third kappa shape index (κ3) is 4.70. The van der Waals surface area contributed by atoms with Crippen molar-refractivity contribution in [1.29, 1.82) is 0 Å². The molecule has 7 heteroatoms. The summed E-state index contributed by atoms with van der Waals surface area (Å²) in [7, 11) is 2.11. The molecule has 0 aliphatic carbocycles. The summed E-state index contributed by atoms with van der Waals surface area (Å²) in [5.41, 5.74) is 2.18. The van der Waals surface area contributed by atoms with Crippen LogP contribution in [0, 0.1) is 0 Å². The first-order valence-electron chi connectivity index (χ1n) is 8.41. The molecule has 1 fully saturated rings. The van der Waals surface area contributed by atoms with Crippen LogP contribution in [0.15, 0.2) is 48.5 Å². The Bertz CT molecular complexity index is 727. The zero-order chi connectivity index (χ0) is 18.5. The minimum Gasteiger partial charge on any atom is -0.435 e. The molecule has 1 heterocycles. The van der Waals surface area contributed by atoms with Gasteiger partial charge in [-0.3, -0.25) is 4.79 Å². The van der Waals surface area contributed by atoms with E-state index in [2.05, 4.69) is 26.9 Å². The summed E-state index contributed by atoms with van der Waals surface area (Å²) in [5.74, 6) is -0.283. The Kier molecular flexibility index (Phi) is 5.68. The molecule has 1 aliphatic heterocycles. The number of halogens is 2. The van der Waals surface area contributed by atoms with Crippen molar-refractivity contribution in [3.63, 3.8) is 0 Å². The molecule has 5 nitrogen and oxygen atoms in total. The van der Waals surface area contributed by atoms with Crippen molar-refractivity contribution in [3.05, 3.63) is 54.1 Å². The van der Waals surface area contributed by atoms with Crippen molar-refractivity contribution in [2.75, 3.05) is 43.4 Å². The van der Waals surface area contributed by atoms with E-state index in [0.29, 0.717) is 11.3 Å². The second-order valence-corrected chi connectivity index (χ2v) is 6.19. The van der Waals surface area contributed by atoms with E-state index in [4.69, 9.17) is 0 Å². The van der Waals surface area contributed by atoms with Gasteiger partial charge in [0.1, 0.15) is 5.75 Å².